The number of hydrogen-bond acceptors (Lipinski definition) is 3. The molecule has 0 unspecified atom stereocenters. The van der Waals surface area contributed by atoms with Crippen LogP contribution in [0.25, 0.3) is 16.7 Å². The fourth-order valence-corrected chi connectivity index (χ4v) is 5.17. The first-order valence-electron chi connectivity index (χ1n) is 12.1. The molecule has 2 heterocycles. The summed E-state index contributed by atoms with van der Waals surface area (Å²) in [4.78, 5) is 30.0. The molecule has 1 saturated heterocycles. The summed E-state index contributed by atoms with van der Waals surface area (Å²) in [5.41, 5.74) is 3.31. The average Bonchev–Trinajstić information content (AvgIpc) is 3.14. The van der Waals surface area contributed by atoms with Crippen LogP contribution in [-0.4, -0.2) is 46.1 Å². The Bertz CT molecular complexity index is 1290. The van der Waals surface area contributed by atoms with Gasteiger partial charge in [-0.2, -0.15) is 0 Å². The second-order valence-electron chi connectivity index (χ2n) is 9.23. The van der Waals surface area contributed by atoms with E-state index in [0.717, 1.165) is 54.9 Å². The highest BCUT2D eigenvalue weighted by atomic mass is 35.5. The Kier molecular flexibility index (Phi) is 8.05. The van der Waals surface area contributed by atoms with E-state index < -0.39 is 0 Å². The zero-order chi connectivity index (χ0) is 25.1. The number of halogens is 2. The molecule has 6 nitrogen and oxygen atoms in total. The van der Waals surface area contributed by atoms with Gasteiger partial charge in [-0.1, -0.05) is 48.8 Å². The van der Waals surface area contributed by atoms with Gasteiger partial charge in [-0.15, -0.1) is 0 Å². The summed E-state index contributed by atoms with van der Waals surface area (Å²) < 4.78 is 3.53. The van der Waals surface area contributed by atoms with E-state index in [1.165, 1.54) is 0 Å². The van der Waals surface area contributed by atoms with Crippen LogP contribution in [-0.2, 0) is 11.3 Å². The summed E-state index contributed by atoms with van der Waals surface area (Å²) in [5.74, 6) is 0.489. The minimum atomic E-state index is -0.0380. The standard InChI is InChI=1S/C27H32Cl2N4O2/c1-4-26(34)32(21-9-10-22(28)23(29)17-21)18-20-11-13-30(14-12-20)15-16-31-24-7-5-6-8-25(24)33(19(2)3)27(31)35/h5-10,17,20H,2,4,11-16,18H2,1,3H3. The molecule has 2 aromatic carbocycles. The van der Waals surface area contributed by atoms with Crippen LogP contribution in [0.3, 0.4) is 0 Å². The predicted octanol–water partition coefficient (Wildman–Crippen LogP) is 5.76. The van der Waals surface area contributed by atoms with Gasteiger partial charge in [0.1, 0.15) is 0 Å². The number of likely N-dealkylation sites (tertiary alicyclic amines) is 1. The number of amides is 1. The van der Waals surface area contributed by atoms with Crippen LogP contribution < -0.4 is 10.6 Å². The highest BCUT2D eigenvalue weighted by Crippen LogP contribution is 2.29. The number of allylic oxidation sites excluding steroid dienone is 1. The fraction of sp³-hybridized carbons (Fsp3) is 0.407. The lowest BCUT2D eigenvalue weighted by Crippen LogP contribution is -2.42. The summed E-state index contributed by atoms with van der Waals surface area (Å²) in [6.45, 7) is 11.7. The summed E-state index contributed by atoms with van der Waals surface area (Å²) in [7, 11) is 0. The Hall–Kier alpha value is -2.54. The van der Waals surface area contributed by atoms with Crippen molar-refractivity contribution >= 4 is 51.5 Å². The van der Waals surface area contributed by atoms with Crippen molar-refractivity contribution in [1.82, 2.24) is 14.0 Å². The lowest BCUT2D eigenvalue weighted by atomic mass is 9.95. The lowest BCUT2D eigenvalue weighted by molar-refractivity contribution is -0.118. The Morgan fingerprint density at radius 1 is 1.06 bits per heavy atom. The smallest absolute Gasteiger partial charge is 0.312 e. The van der Waals surface area contributed by atoms with E-state index in [0.29, 0.717) is 35.5 Å². The number of fused-ring (bicyclic) bond motifs is 1. The molecule has 1 aliphatic heterocycles. The molecule has 0 spiro atoms. The van der Waals surface area contributed by atoms with Crippen molar-refractivity contribution in [3.63, 3.8) is 0 Å². The monoisotopic (exact) mass is 514 g/mol. The minimum absolute atomic E-state index is 0.0380. The molecule has 35 heavy (non-hydrogen) atoms. The van der Waals surface area contributed by atoms with Crippen molar-refractivity contribution in [3.05, 3.63) is 69.6 Å². The van der Waals surface area contributed by atoms with E-state index >= 15 is 0 Å². The third kappa shape index (κ3) is 5.50. The number of carbonyl (C=O) groups excluding carboxylic acids is 1. The van der Waals surface area contributed by atoms with Crippen molar-refractivity contribution in [2.45, 2.75) is 39.7 Å². The maximum atomic E-state index is 13.0. The van der Waals surface area contributed by atoms with Crippen LogP contribution in [0.5, 0.6) is 0 Å². The largest absolute Gasteiger partial charge is 0.333 e. The average molecular weight is 515 g/mol. The van der Waals surface area contributed by atoms with Gasteiger partial charge in [0.05, 0.1) is 21.1 Å². The van der Waals surface area contributed by atoms with Gasteiger partial charge in [0, 0.05) is 37.4 Å². The van der Waals surface area contributed by atoms with E-state index in [2.05, 4.69) is 11.5 Å². The van der Waals surface area contributed by atoms with Gasteiger partial charge < -0.3 is 9.80 Å². The second kappa shape index (κ2) is 11.0. The molecule has 1 fully saturated rings. The Labute approximate surface area is 216 Å². The zero-order valence-electron chi connectivity index (χ0n) is 20.3. The summed E-state index contributed by atoms with van der Waals surface area (Å²) >= 11 is 12.3. The van der Waals surface area contributed by atoms with Crippen LogP contribution in [0.2, 0.25) is 10.0 Å². The van der Waals surface area contributed by atoms with Gasteiger partial charge in [0.15, 0.2) is 0 Å². The normalized spacial score (nSPS) is 15.0. The van der Waals surface area contributed by atoms with Crippen LogP contribution in [0, 0.1) is 5.92 Å². The van der Waals surface area contributed by atoms with Crippen molar-refractivity contribution in [2.24, 2.45) is 5.92 Å². The third-order valence-electron chi connectivity index (χ3n) is 6.82. The Morgan fingerprint density at radius 2 is 1.74 bits per heavy atom. The number of rotatable bonds is 8. The molecule has 4 rings (SSSR count). The number of aromatic nitrogens is 2. The number of benzene rings is 2. The molecule has 3 aromatic rings. The van der Waals surface area contributed by atoms with Gasteiger partial charge in [-0.3, -0.25) is 13.9 Å². The maximum absolute atomic E-state index is 13.0. The van der Waals surface area contributed by atoms with Crippen molar-refractivity contribution in [3.8, 4) is 0 Å². The quantitative estimate of drug-likeness (QED) is 0.384. The highest BCUT2D eigenvalue weighted by Gasteiger charge is 2.25. The zero-order valence-corrected chi connectivity index (χ0v) is 21.9. The van der Waals surface area contributed by atoms with Crippen molar-refractivity contribution < 1.29 is 4.79 Å². The molecule has 186 valence electrons. The van der Waals surface area contributed by atoms with Crippen molar-refractivity contribution in [1.29, 1.82) is 0 Å². The topological polar surface area (TPSA) is 50.5 Å². The van der Waals surface area contributed by atoms with Gasteiger partial charge >= 0.3 is 5.69 Å². The van der Waals surface area contributed by atoms with Crippen LogP contribution >= 0.6 is 23.2 Å². The first-order chi connectivity index (χ1) is 16.8. The van der Waals surface area contributed by atoms with E-state index in [1.54, 1.807) is 16.7 Å². The Balaban J connectivity index is 1.39. The molecule has 0 aliphatic carbocycles. The molecular formula is C27H32Cl2N4O2. The SMILES string of the molecule is C=C(C)n1c(=O)n(CCN2CCC(CN(C(=O)CC)c3ccc(Cl)c(Cl)c3)CC2)c2ccccc21. The van der Waals surface area contributed by atoms with Gasteiger partial charge in [-0.05, 0) is 69.1 Å². The molecule has 0 atom stereocenters. The molecule has 8 heteroatoms. The second-order valence-corrected chi connectivity index (χ2v) is 10.0. The number of piperidine rings is 1. The minimum Gasteiger partial charge on any atom is -0.312 e. The number of para-hydroxylation sites is 2. The van der Waals surface area contributed by atoms with E-state index in [4.69, 9.17) is 23.2 Å². The first-order valence-corrected chi connectivity index (χ1v) is 12.9. The number of hydrogen-bond donors (Lipinski definition) is 0. The molecule has 1 amide bonds. The van der Waals surface area contributed by atoms with Gasteiger partial charge in [0.25, 0.3) is 0 Å². The van der Waals surface area contributed by atoms with Gasteiger partial charge in [-0.25, -0.2) is 4.79 Å². The summed E-state index contributed by atoms with van der Waals surface area (Å²) in [6, 6.07) is 13.2. The van der Waals surface area contributed by atoms with Crippen LogP contribution in [0.4, 0.5) is 5.69 Å². The fourth-order valence-electron chi connectivity index (χ4n) is 4.88. The summed E-state index contributed by atoms with van der Waals surface area (Å²) in [5, 5.41) is 0.939. The van der Waals surface area contributed by atoms with E-state index in [9.17, 15) is 9.59 Å². The highest BCUT2D eigenvalue weighted by molar-refractivity contribution is 6.42. The molecule has 0 bridgehead atoms. The number of nitrogens with zero attached hydrogens (tertiary/aromatic N) is 4. The number of carbonyl (C=O) groups is 1. The van der Waals surface area contributed by atoms with E-state index in [1.807, 2.05) is 53.6 Å². The molecule has 0 radical (unpaired) electrons. The predicted molar refractivity (Wildman–Crippen MR) is 145 cm³/mol. The number of anilines is 1. The van der Waals surface area contributed by atoms with Crippen LogP contribution in [0.1, 0.15) is 33.1 Å². The Morgan fingerprint density at radius 3 is 2.37 bits per heavy atom. The molecular weight excluding hydrogens is 483 g/mol. The van der Waals surface area contributed by atoms with E-state index in [-0.39, 0.29) is 11.6 Å². The first kappa shape index (κ1) is 25.5. The molecule has 1 aromatic heterocycles. The molecule has 0 saturated carbocycles. The van der Waals surface area contributed by atoms with Crippen LogP contribution in [0.15, 0.2) is 53.8 Å². The number of imidazole rings is 1. The third-order valence-corrected chi connectivity index (χ3v) is 7.56. The molecule has 1 aliphatic rings. The molecule has 0 N–H and O–H groups in total. The lowest BCUT2D eigenvalue weighted by Gasteiger charge is -2.35. The summed E-state index contributed by atoms with van der Waals surface area (Å²) in [6.07, 6.45) is 2.43. The van der Waals surface area contributed by atoms with Gasteiger partial charge in [0.2, 0.25) is 5.91 Å². The van der Waals surface area contributed by atoms with Crippen molar-refractivity contribution in [2.75, 3.05) is 31.1 Å². The maximum Gasteiger partial charge on any atom is 0.333 e.